The molecule has 3 heterocycles. The van der Waals surface area contributed by atoms with Gasteiger partial charge in [-0.3, -0.25) is 9.69 Å². The number of hydrogen-bond donors (Lipinski definition) is 1. The Morgan fingerprint density at radius 2 is 2.17 bits per heavy atom. The summed E-state index contributed by atoms with van der Waals surface area (Å²) in [7, 11) is 0. The van der Waals surface area contributed by atoms with Crippen LogP contribution in [0.1, 0.15) is 49.0 Å². The number of carbonyl (C=O) groups excluding carboxylic acids is 1. The number of unbranched alkanes of at least 4 members (excludes halogenated alkanes) is 1. The van der Waals surface area contributed by atoms with E-state index in [1.807, 2.05) is 23.2 Å². The van der Waals surface area contributed by atoms with Crippen molar-refractivity contribution in [1.29, 1.82) is 5.26 Å². The van der Waals surface area contributed by atoms with E-state index in [4.69, 9.17) is 5.26 Å². The lowest BCUT2D eigenvalue weighted by Crippen LogP contribution is -2.35. The molecule has 1 N–H and O–H groups in total. The van der Waals surface area contributed by atoms with Crippen molar-refractivity contribution in [2.45, 2.75) is 38.8 Å². The van der Waals surface area contributed by atoms with Gasteiger partial charge in [-0.15, -0.1) is 0 Å². The molecule has 0 saturated carbocycles. The number of nitrogens with one attached hydrogen (secondary N) is 1. The van der Waals surface area contributed by atoms with Gasteiger partial charge < -0.3 is 9.88 Å². The summed E-state index contributed by atoms with van der Waals surface area (Å²) in [6.45, 7) is 5.40. The average Bonchev–Trinajstić information content (AvgIpc) is 3.40. The number of benzene rings is 1. The Bertz CT molecular complexity index is 918. The summed E-state index contributed by atoms with van der Waals surface area (Å²) in [5.41, 5.74) is 2.57. The van der Waals surface area contributed by atoms with Crippen LogP contribution in [-0.4, -0.2) is 40.3 Å². The van der Waals surface area contributed by atoms with E-state index in [-0.39, 0.29) is 17.8 Å². The summed E-state index contributed by atoms with van der Waals surface area (Å²) in [4.78, 5) is 20.3. The van der Waals surface area contributed by atoms with E-state index in [1.54, 1.807) is 12.1 Å². The van der Waals surface area contributed by atoms with E-state index in [2.05, 4.69) is 22.9 Å². The number of carbonyl (C=O) groups is 1. The second-order valence-electron chi connectivity index (χ2n) is 8.30. The monoisotopic (exact) mass is 394 g/mol. The molecule has 2 saturated heterocycles. The largest absolute Gasteiger partial charge is 0.353 e. The normalized spacial score (nSPS) is 23.9. The summed E-state index contributed by atoms with van der Waals surface area (Å²) in [5.74, 6) is 0.629. The van der Waals surface area contributed by atoms with Gasteiger partial charge in [0.05, 0.1) is 6.04 Å². The highest BCUT2D eigenvalue weighted by Crippen LogP contribution is 2.45. The van der Waals surface area contributed by atoms with Crippen LogP contribution in [-0.2, 0) is 11.3 Å². The van der Waals surface area contributed by atoms with Gasteiger partial charge in [0.15, 0.2) is 0 Å². The number of H-pyrrole nitrogens is 1. The Labute approximate surface area is 171 Å². The third kappa shape index (κ3) is 4.06. The number of aromatic nitrogens is 1. The second-order valence-corrected chi connectivity index (χ2v) is 8.30. The molecule has 2 fully saturated rings. The molecule has 0 radical (unpaired) electrons. The molecule has 1 amide bonds. The smallest absolute Gasteiger partial charge is 0.223 e. The van der Waals surface area contributed by atoms with Crippen molar-refractivity contribution >= 4 is 5.91 Å². The quantitative estimate of drug-likeness (QED) is 0.810. The Balaban J connectivity index is 1.53. The summed E-state index contributed by atoms with van der Waals surface area (Å²) in [5, 5.41) is 9.01. The van der Waals surface area contributed by atoms with Gasteiger partial charge in [0.2, 0.25) is 5.91 Å². The van der Waals surface area contributed by atoms with Crippen molar-refractivity contribution < 1.29 is 9.18 Å². The molecule has 6 heteroatoms. The first-order valence-corrected chi connectivity index (χ1v) is 10.4. The third-order valence-corrected chi connectivity index (χ3v) is 6.26. The number of rotatable bonds is 6. The van der Waals surface area contributed by atoms with Crippen LogP contribution in [0.5, 0.6) is 0 Å². The predicted octanol–water partition coefficient (Wildman–Crippen LogP) is 3.85. The van der Waals surface area contributed by atoms with Gasteiger partial charge in [0, 0.05) is 44.7 Å². The summed E-state index contributed by atoms with van der Waals surface area (Å²) in [6, 6.07) is 10.7. The zero-order valence-corrected chi connectivity index (χ0v) is 16.8. The average molecular weight is 394 g/mol. The molecular weight excluding hydrogens is 367 g/mol. The van der Waals surface area contributed by atoms with Crippen LogP contribution < -0.4 is 0 Å². The highest BCUT2D eigenvalue weighted by Gasteiger charge is 2.48. The molecule has 0 spiro atoms. The van der Waals surface area contributed by atoms with E-state index < -0.39 is 0 Å². The molecule has 2 aromatic rings. The fraction of sp³-hybridized carbons (Fsp3) is 0.478. The molecule has 0 aliphatic carbocycles. The number of likely N-dealkylation sites (tertiary alicyclic amines) is 2. The molecular formula is C23H27FN4O. The highest BCUT2D eigenvalue weighted by molar-refractivity contribution is 5.77. The number of aromatic amines is 1. The summed E-state index contributed by atoms with van der Waals surface area (Å²) >= 11 is 0. The van der Waals surface area contributed by atoms with Gasteiger partial charge in [-0.25, -0.2) is 4.39 Å². The lowest BCUT2D eigenvalue weighted by Gasteiger charge is -2.30. The Hall–Kier alpha value is -2.65. The van der Waals surface area contributed by atoms with Crippen LogP contribution in [0.3, 0.4) is 0 Å². The van der Waals surface area contributed by atoms with Gasteiger partial charge >= 0.3 is 0 Å². The number of halogens is 1. The number of nitrogens with zero attached hydrogens (tertiary/aromatic N) is 3. The fourth-order valence-corrected chi connectivity index (χ4v) is 4.97. The van der Waals surface area contributed by atoms with E-state index in [1.165, 1.54) is 6.07 Å². The Kier molecular flexibility index (Phi) is 5.68. The van der Waals surface area contributed by atoms with Gasteiger partial charge in [-0.05, 0) is 41.7 Å². The van der Waals surface area contributed by atoms with Gasteiger partial charge in [-0.2, -0.15) is 5.26 Å². The van der Waals surface area contributed by atoms with Crippen LogP contribution in [0.2, 0.25) is 0 Å². The first kappa shape index (κ1) is 19.7. The molecule has 0 bridgehead atoms. The zero-order valence-electron chi connectivity index (χ0n) is 16.8. The first-order valence-electron chi connectivity index (χ1n) is 10.4. The van der Waals surface area contributed by atoms with Crippen LogP contribution in [0, 0.1) is 29.0 Å². The van der Waals surface area contributed by atoms with Crippen LogP contribution >= 0.6 is 0 Å². The van der Waals surface area contributed by atoms with Gasteiger partial charge in [0.1, 0.15) is 17.6 Å². The second kappa shape index (κ2) is 8.38. The third-order valence-electron chi connectivity index (χ3n) is 6.26. The van der Waals surface area contributed by atoms with Crippen molar-refractivity contribution in [2.24, 2.45) is 11.8 Å². The molecule has 2 aliphatic rings. The summed E-state index contributed by atoms with van der Waals surface area (Å²) in [6.07, 6.45) is 4.33. The molecule has 1 aromatic carbocycles. The Morgan fingerprint density at radius 1 is 1.31 bits per heavy atom. The van der Waals surface area contributed by atoms with E-state index in [0.717, 1.165) is 50.1 Å². The van der Waals surface area contributed by atoms with E-state index in [0.29, 0.717) is 24.0 Å². The van der Waals surface area contributed by atoms with Crippen molar-refractivity contribution in [1.82, 2.24) is 14.8 Å². The lowest BCUT2D eigenvalue weighted by molar-refractivity contribution is -0.132. The maximum absolute atomic E-state index is 14.0. The lowest BCUT2D eigenvalue weighted by atomic mass is 9.89. The number of nitriles is 1. The standard InChI is InChI=1S/C23H27FN4O/c1-2-3-7-22(29)28-14-18-13-27(12-16-8-20(10-25)26-11-16)15-21(18)23(28)17-5-4-6-19(24)9-17/h4-6,8-9,11,18,21,23,26H,2-3,7,12-15H2,1H3/t18-,21-,23+/m0/s1. The minimum absolute atomic E-state index is 0.0639. The molecule has 5 nitrogen and oxygen atoms in total. The van der Waals surface area contributed by atoms with Crippen molar-refractivity contribution in [3.05, 3.63) is 59.2 Å². The van der Waals surface area contributed by atoms with Crippen LogP contribution in [0.15, 0.2) is 36.5 Å². The SMILES string of the molecule is CCCCC(=O)N1C[C@@H]2CN(Cc3c[nH]c(C#N)c3)C[C@@H]2[C@H]1c1cccc(F)c1. The van der Waals surface area contributed by atoms with E-state index in [9.17, 15) is 9.18 Å². The van der Waals surface area contributed by atoms with Gasteiger partial charge in [0.25, 0.3) is 0 Å². The van der Waals surface area contributed by atoms with Crippen molar-refractivity contribution in [3.63, 3.8) is 0 Å². The first-order chi connectivity index (χ1) is 14.1. The minimum atomic E-state index is -0.252. The van der Waals surface area contributed by atoms with Crippen LogP contribution in [0.4, 0.5) is 4.39 Å². The topological polar surface area (TPSA) is 63.1 Å². The number of fused-ring (bicyclic) bond motifs is 1. The predicted molar refractivity (Wildman–Crippen MR) is 108 cm³/mol. The number of amides is 1. The minimum Gasteiger partial charge on any atom is -0.353 e. The fourth-order valence-electron chi connectivity index (χ4n) is 4.97. The molecule has 0 unspecified atom stereocenters. The number of hydrogen-bond acceptors (Lipinski definition) is 3. The highest BCUT2D eigenvalue weighted by atomic mass is 19.1. The van der Waals surface area contributed by atoms with Crippen molar-refractivity contribution in [3.8, 4) is 6.07 Å². The van der Waals surface area contributed by atoms with E-state index >= 15 is 0 Å². The van der Waals surface area contributed by atoms with Crippen LogP contribution in [0.25, 0.3) is 0 Å². The maximum Gasteiger partial charge on any atom is 0.223 e. The Morgan fingerprint density at radius 3 is 2.90 bits per heavy atom. The molecule has 3 atom stereocenters. The summed E-state index contributed by atoms with van der Waals surface area (Å²) < 4.78 is 14.0. The molecule has 29 heavy (non-hydrogen) atoms. The van der Waals surface area contributed by atoms with Gasteiger partial charge in [-0.1, -0.05) is 25.5 Å². The zero-order chi connectivity index (χ0) is 20.4. The molecule has 4 rings (SSSR count). The molecule has 1 aromatic heterocycles. The molecule has 152 valence electrons. The van der Waals surface area contributed by atoms with Crippen molar-refractivity contribution in [2.75, 3.05) is 19.6 Å². The maximum atomic E-state index is 14.0. The molecule has 2 aliphatic heterocycles.